The first-order valence-electron chi connectivity index (χ1n) is 20.8. The normalized spacial score (nSPS) is 13.0. The number of rotatable bonds is 7. The summed E-state index contributed by atoms with van der Waals surface area (Å²) < 4.78 is 2.20. The van der Waals surface area contributed by atoms with Gasteiger partial charge in [-0.25, -0.2) is 9.97 Å². The molecule has 3 heterocycles. The average molecular weight is 783 g/mol. The van der Waals surface area contributed by atoms with Crippen molar-refractivity contribution in [2.24, 2.45) is 0 Å². The van der Waals surface area contributed by atoms with Gasteiger partial charge in [0.05, 0.1) is 33.8 Å². The Hall–Kier alpha value is -7.82. The lowest BCUT2D eigenvalue weighted by Gasteiger charge is -2.42. The molecule has 0 radical (unpaired) electrons. The number of anilines is 3. The molecule has 0 spiro atoms. The van der Waals surface area contributed by atoms with E-state index in [1.165, 1.54) is 49.8 Å². The Labute approximate surface area is 356 Å². The van der Waals surface area contributed by atoms with Crippen molar-refractivity contribution in [3.05, 3.63) is 218 Å². The molecule has 4 heteroatoms. The molecule has 1 aliphatic rings. The molecule has 2 aromatic heterocycles. The van der Waals surface area contributed by atoms with Crippen molar-refractivity contribution in [2.45, 2.75) is 19.3 Å². The zero-order valence-corrected chi connectivity index (χ0v) is 34.2. The highest BCUT2D eigenvalue weighted by Crippen LogP contribution is 2.52. The standard InChI is InChI=1S/C57H42N4/c1-5-44-49(6-2)58-56(59-55(44)38-19-9-7-10-20-38)61-50-32-30-41(35-46(50)54-45-25-14-13-18-37(45)29-33-52(54)61)39-21-17-22-40(34-39)42-28-31-48-53(36-42)60(43-23-11-8-12-24-43)51-27-16-15-26-47(51)57(48,3)4/h5-36H,1-2H2,3-4H3. The van der Waals surface area contributed by atoms with Gasteiger partial charge in [0.2, 0.25) is 5.95 Å². The van der Waals surface area contributed by atoms with Crippen LogP contribution in [0.5, 0.6) is 0 Å². The quantitative estimate of drug-likeness (QED) is 0.161. The molecule has 1 aliphatic heterocycles. The first-order chi connectivity index (χ1) is 29.9. The fourth-order valence-electron chi connectivity index (χ4n) is 9.56. The molecule has 4 nitrogen and oxygen atoms in total. The Morgan fingerprint density at radius 1 is 0.492 bits per heavy atom. The summed E-state index contributed by atoms with van der Waals surface area (Å²) in [5, 5.41) is 4.68. The molecule has 0 atom stereocenters. The van der Waals surface area contributed by atoms with Crippen LogP contribution in [0, 0.1) is 0 Å². The van der Waals surface area contributed by atoms with Gasteiger partial charge < -0.3 is 4.90 Å². The third-order valence-electron chi connectivity index (χ3n) is 12.5. The predicted molar refractivity (Wildman–Crippen MR) is 257 cm³/mol. The van der Waals surface area contributed by atoms with Crippen molar-refractivity contribution in [2.75, 3.05) is 4.90 Å². The third-order valence-corrected chi connectivity index (χ3v) is 12.5. The van der Waals surface area contributed by atoms with Gasteiger partial charge in [-0.3, -0.25) is 4.57 Å². The molecule has 0 saturated heterocycles. The molecular weight excluding hydrogens is 741 g/mol. The second-order valence-corrected chi connectivity index (χ2v) is 16.3. The molecule has 10 aromatic rings. The van der Waals surface area contributed by atoms with E-state index in [0.717, 1.165) is 55.7 Å². The molecular formula is C57H42N4. The molecule has 0 saturated carbocycles. The van der Waals surface area contributed by atoms with Crippen LogP contribution in [-0.2, 0) is 5.41 Å². The molecule has 8 aromatic carbocycles. The van der Waals surface area contributed by atoms with E-state index < -0.39 is 0 Å². The Morgan fingerprint density at radius 2 is 1.13 bits per heavy atom. The zero-order chi connectivity index (χ0) is 41.2. The highest BCUT2D eigenvalue weighted by molar-refractivity contribution is 6.21. The maximum atomic E-state index is 5.28. The first kappa shape index (κ1) is 36.3. The Bertz CT molecular complexity index is 3370. The van der Waals surface area contributed by atoms with Gasteiger partial charge in [-0.1, -0.05) is 167 Å². The second-order valence-electron chi connectivity index (χ2n) is 16.3. The summed E-state index contributed by atoms with van der Waals surface area (Å²) in [5.41, 5.74) is 16.2. The number of nitrogens with zero attached hydrogens (tertiary/aromatic N) is 4. The van der Waals surface area contributed by atoms with E-state index in [-0.39, 0.29) is 5.41 Å². The van der Waals surface area contributed by atoms with Crippen molar-refractivity contribution in [1.29, 1.82) is 0 Å². The smallest absolute Gasteiger partial charge is 0.235 e. The number of benzene rings is 8. The monoisotopic (exact) mass is 782 g/mol. The molecule has 290 valence electrons. The average Bonchev–Trinajstić information content (AvgIpc) is 3.66. The van der Waals surface area contributed by atoms with Crippen LogP contribution in [-0.4, -0.2) is 14.5 Å². The highest BCUT2D eigenvalue weighted by atomic mass is 15.2. The van der Waals surface area contributed by atoms with Gasteiger partial charge in [-0.05, 0) is 98.8 Å². The molecule has 0 unspecified atom stereocenters. The number of para-hydroxylation sites is 2. The van der Waals surface area contributed by atoms with E-state index in [1.54, 1.807) is 6.08 Å². The minimum absolute atomic E-state index is 0.161. The van der Waals surface area contributed by atoms with Crippen LogP contribution in [0.25, 0.3) is 84.2 Å². The third kappa shape index (κ3) is 5.75. The lowest BCUT2D eigenvalue weighted by molar-refractivity contribution is 0.632. The van der Waals surface area contributed by atoms with Gasteiger partial charge in [0.1, 0.15) is 0 Å². The van der Waals surface area contributed by atoms with Crippen molar-refractivity contribution >= 4 is 61.8 Å². The van der Waals surface area contributed by atoms with E-state index in [1.807, 2.05) is 24.3 Å². The largest absolute Gasteiger partial charge is 0.310 e. The number of fused-ring (bicyclic) bond motifs is 7. The number of hydrogen-bond donors (Lipinski definition) is 0. The van der Waals surface area contributed by atoms with Gasteiger partial charge in [0.25, 0.3) is 0 Å². The fraction of sp³-hybridized carbons (Fsp3) is 0.0526. The maximum absolute atomic E-state index is 5.28. The molecule has 0 aliphatic carbocycles. The zero-order valence-electron chi connectivity index (χ0n) is 34.2. The fourth-order valence-corrected chi connectivity index (χ4v) is 9.56. The van der Waals surface area contributed by atoms with Gasteiger partial charge in [-0.2, -0.15) is 0 Å². The molecule has 0 bridgehead atoms. The molecule has 61 heavy (non-hydrogen) atoms. The molecule has 0 N–H and O–H groups in total. The van der Waals surface area contributed by atoms with Crippen LogP contribution in [0.15, 0.2) is 195 Å². The molecule has 0 fully saturated rings. The molecule has 0 amide bonds. The van der Waals surface area contributed by atoms with Crippen LogP contribution in [0.3, 0.4) is 0 Å². The Kier molecular flexibility index (Phi) is 8.43. The Balaban J connectivity index is 1.08. The lowest BCUT2D eigenvalue weighted by atomic mass is 9.73. The highest BCUT2D eigenvalue weighted by Gasteiger charge is 2.37. The van der Waals surface area contributed by atoms with Crippen LogP contribution >= 0.6 is 0 Å². The van der Waals surface area contributed by atoms with Crippen molar-refractivity contribution in [1.82, 2.24) is 14.5 Å². The van der Waals surface area contributed by atoms with Crippen LogP contribution in [0.2, 0.25) is 0 Å². The van der Waals surface area contributed by atoms with Gasteiger partial charge in [0.15, 0.2) is 0 Å². The van der Waals surface area contributed by atoms with Gasteiger partial charge in [-0.15, -0.1) is 0 Å². The lowest BCUT2D eigenvalue weighted by Crippen LogP contribution is -2.30. The second kappa shape index (κ2) is 14.2. The van der Waals surface area contributed by atoms with E-state index in [0.29, 0.717) is 5.95 Å². The topological polar surface area (TPSA) is 34.0 Å². The minimum atomic E-state index is -0.161. The first-order valence-corrected chi connectivity index (χ1v) is 20.8. The number of aromatic nitrogens is 3. The van der Waals surface area contributed by atoms with E-state index in [4.69, 9.17) is 9.97 Å². The van der Waals surface area contributed by atoms with E-state index >= 15 is 0 Å². The number of hydrogen-bond acceptors (Lipinski definition) is 3. The SMILES string of the molecule is C=Cc1nc(-n2c3ccc(-c4cccc(-c5ccc6c(c5)N(c5ccccc5)c5ccccc5C6(C)C)c4)cc3c3c4ccccc4ccc32)nc(-c2ccccc2)c1C=C. The Morgan fingerprint density at radius 3 is 1.92 bits per heavy atom. The van der Waals surface area contributed by atoms with Gasteiger partial charge in [0, 0.05) is 33.0 Å². The van der Waals surface area contributed by atoms with E-state index in [2.05, 4.69) is 200 Å². The van der Waals surface area contributed by atoms with Crippen LogP contribution in [0.1, 0.15) is 36.2 Å². The predicted octanol–water partition coefficient (Wildman–Crippen LogP) is 15.1. The van der Waals surface area contributed by atoms with Gasteiger partial charge >= 0.3 is 0 Å². The minimum Gasteiger partial charge on any atom is -0.310 e. The summed E-state index contributed by atoms with van der Waals surface area (Å²) in [5.74, 6) is 0.590. The van der Waals surface area contributed by atoms with Crippen molar-refractivity contribution in [3.63, 3.8) is 0 Å². The van der Waals surface area contributed by atoms with E-state index in [9.17, 15) is 0 Å². The summed E-state index contributed by atoms with van der Waals surface area (Å²) in [4.78, 5) is 12.8. The maximum Gasteiger partial charge on any atom is 0.235 e. The van der Waals surface area contributed by atoms with Crippen LogP contribution < -0.4 is 4.90 Å². The van der Waals surface area contributed by atoms with Crippen molar-refractivity contribution < 1.29 is 0 Å². The van der Waals surface area contributed by atoms with Crippen molar-refractivity contribution in [3.8, 4) is 39.5 Å². The summed E-state index contributed by atoms with van der Waals surface area (Å²) in [6.45, 7) is 12.9. The summed E-state index contributed by atoms with van der Waals surface area (Å²) >= 11 is 0. The summed E-state index contributed by atoms with van der Waals surface area (Å²) in [6, 6.07) is 65.5. The summed E-state index contributed by atoms with van der Waals surface area (Å²) in [7, 11) is 0. The van der Waals surface area contributed by atoms with Crippen LogP contribution in [0.4, 0.5) is 17.1 Å². The summed E-state index contributed by atoms with van der Waals surface area (Å²) in [6.07, 6.45) is 3.62. The molecule has 11 rings (SSSR count).